The molecule has 0 aliphatic rings. The Morgan fingerprint density at radius 2 is 1.38 bits per heavy atom. The third-order valence-electron chi connectivity index (χ3n) is 3.02. The van der Waals surface area contributed by atoms with Crippen molar-refractivity contribution in [2.24, 2.45) is 0 Å². The molecule has 24 heavy (non-hydrogen) atoms. The van der Waals surface area contributed by atoms with E-state index in [4.69, 9.17) is 4.55 Å². The molecule has 0 aliphatic heterocycles. The number of halogens is 1. The average molecular weight is 377 g/mol. The number of aromatic hydroxyl groups is 2. The van der Waals surface area contributed by atoms with Crippen LogP contribution in [0.1, 0.15) is 5.56 Å². The molecule has 0 saturated heterocycles. The first-order valence-electron chi connectivity index (χ1n) is 6.29. The molecule has 0 aliphatic carbocycles. The normalized spacial score (nSPS) is 12.2. The summed E-state index contributed by atoms with van der Waals surface area (Å²) in [4.78, 5) is -1.81. The summed E-state index contributed by atoms with van der Waals surface area (Å²) in [6.07, 6.45) is 0. The number of hydrogen-bond acceptors (Lipinski definition) is 6. The van der Waals surface area contributed by atoms with Crippen LogP contribution in [0.15, 0.2) is 46.2 Å². The van der Waals surface area contributed by atoms with Crippen LogP contribution in [0.25, 0.3) is 0 Å². The zero-order chi connectivity index (χ0) is 18.1. The van der Waals surface area contributed by atoms with Gasteiger partial charge in [-0.25, -0.2) is 17.5 Å². The number of rotatable bonds is 5. The molecule has 0 unspecified atom stereocenters. The molecule has 8 nitrogen and oxygen atoms in total. The highest BCUT2D eigenvalue weighted by Crippen LogP contribution is 2.37. The van der Waals surface area contributed by atoms with Crippen molar-refractivity contribution in [1.82, 2.24) is 4.72 Å². The molecule has 0 saturated carbocycles. The molecule has 0 atom stereocenters. The van der Waals surface area contributed by atoms with Crippen molar-refractivity contribution in [2.75, 3.05) is 0 Å². The molecular weight excluding hydrogens is 365 g/mol. The topological polar surface area (TPSA) is 141 Å². The summed E-state index contributed by atoms with van der Waals surface area (Å²) in [6.45, 7) is -0.233. The zero-order valence-electron chi connectivity index (χ0n) is 11.8. The van der Waals surface area contributed by atoms with Crippen LogP contribution in [0, 0.1) is 5.82 Å². The van der Waals surface area contributed by atoms with Gasteiger partial charge >= 0.3 is 0 Å². The summed E-state index contributed by atoms with van der Waals surface area (Å²) in [6, 6.07) is 6.30. The minimum atomic E-state index is -4.84. The number of sulfonamides is 1. The fourth-order valence-corrected chi connectivity index (χ4v) is 3.52. The molecule has 0 heterocycles. The Morgan fingerprint density at radius 3 is 1.92 bits per heavy atom. The van der Waals surface area contributed by atoms with Gasteiger partial charge in [0.25, 0.3) is 10.1 Å². The number of nitrogens with one attached hydrogen (secondary N) is 1. The predicted molar refractivity (Wildman–Crippen MR) is 80.0 cm³/mol. The van der Waals surface area contributed by atoms with E-state index in [1.807, 2.05) is 0 Å². The maximum atomic E-state index is 12.8. The Balaban J connectivity index is 2.33. The Morgan fingerprint density at radius 1 is 0.875 bits per heavy atom. The zero-order valence-corrected chi connectivity index (χ0v) is 13.5. The van der Waals surface area contributed by atoms with E-state index in [-0.39, 0.29) is 6.54 Å². The molecule has 2 aromatic carbocycles. The van der Waals surface area contributed by atoms with Gasteiger partial charge in [0.1, 0.15) is 15.6 Å². The van der Waals surface area contributed by atoms with Crippen LogP contribution in [0.4, 0.5) is 4.39 Å². The van der Waals surface area contributed by atoms with Gasteiger partial charge < -0.3 is 10.2 Å². The first-order chi connectivity index (χ1) is 11.0. The van der Waals surface area contributed by atoms with Crippen molar-refractivity contribution in [1.29, 1.82) is 0 Å². The second-order valence-electron chi connectivity index (χ2n) is 4.69. The molecule has 0 aromatic heterocycles. The lowest BCUT2D eigenvalue weighted by atomic mass is 10.2. The maximum Gasteiger partial charge on any atom is 0.298 e. The van der Waals surface area contributed by atoms with E-state index in [1.54, 1.807) is 0 Å². The van der Waals surface area contributed by atoms with Gasteiger partial charge in [0, 0.05) is 6.54 Å². The van der Waals surface area contributed by atoms with Crippen LogP contribution in [0.3, 0.4) is 0 Å². The average Bonchev–Trinajstić information content (AvgIpc) is 2.48. The Bertz CT molecular complexity index is 970. The van der Waals surface area contributed by atoms with Crippen LogP contribution in [-0.2, 0) is 26.7 Å². The van der Waals surface area contributed by atoms with Crippen molar-refractivity contribution in [3.63, 3.8) is 0 Å². The summed E-state index contributed by atoms with van der Waals surface area (Å²) >= 11 is 0. The third-order valence-corrected chi connectivity index (χ3v) is 5.34. The van der Waals surface area contributed by atoms with Crippen LogP contribution in [-0.4, -0.2) is 31.6 Å². The van der Waals surface area contributed by atoms with Crippen molar-refractivity contribution in [3.8, 4) is 11.5 Å². The second kappa shape index (κ2) is 6.36. The third kappa shape index (κ3) is 3.82. The van der Waals surface area contributed by atoms with Gasteiger partial charge in [0.2, 0.25) is 10.0 Å². The van der Waals surface area contributed by atoms with Crippen molar-refractivity contribution < 1.29 is 36.0 Å². The molecular formula is C13H12FNO7S2. The minimum absolute atomic E-state index is 0.233. The van der Waals surface area contributed by atoms with Gasteiger partial charge in [-0.3, -0.25) is 4.55 Å². The lowest BCUT2D eigenvalue weighted by molar-refractivity contribution is 0.379. The SMILES string of the molecule is O=S(=O)(O)c1ccc(S(=O)(=O)NCc2ccc(F)cc2)c(O)c1O. The van der Waals surface area contributed by atoms with E-state index in [1.165, 1.54) is 12.1 Å². The molecule has 130 valence electrons. The fourth-order valence-electron chi connectivity index (χ4n) is 1.83. The number of hydrogen-bond donors (Lipinski definition) is 4. The molecule has 2 rings (SSSR count). The molecule has 0 spiro atoms. The van der Waals surface area contributed by atoms with Crippen LogP contribution >= 0.6 is 0 Å². The van der Waals surface area contributed by atoms with Gasteiger partial charge in [0.15, 0.2) is 11.5 Å². The first kappa shape index (κ1) is 18.1. The molecule has 0 amide bonds. The summed E-state index contributed by atoms with van der Waals surface area (Å²) in [5, 5.41) is 19.3. The number of phenolic OH excluding ortho intramolecular Hbond substituents is 2. The quantitative estimate of drug-likeness (QED) is 0.449. The monoisotopic (exact) mass is 377 g/mol. The second-order valence-corrected chi connectivity index (χ2v) is 7.81. The van der Waals surface area contributed by atoms with Crippen LogP contribution in [0.2, 0.25) is 0 Å². The van der Waals surface area contributed by atoms with Gasteiger partial charge in [0.05, 0.1) is 0 Å². The van der Waals surface area contributed by atoms with Gasteiger partial charge in [-0.15, -0.1) is 0 Å². The van der Waals surface area contributed by atoms with E-state index >= 15 is 0 Å². The van der Waals surface area contributed by atoms with Crippen LogP contribution < -0.4 is 4.72 Å². The largest absolute Gasteiger partial charge is 0.503 e. The predicted octanol–water partition coefficient (Wildman–Crippen LogP) is 0.962. The summed E-state index contributed by atoms with van der Waals surface area (Å²) in [5.41, 5.74) is 0.429. The molecule has 0 bridgehead atoms. The Hall–Kier alpha value is -2.21. The van der Waals surface area contributed by atoms with E-state index in [0.29, 0.717) is 17.7 Å². The molecule has 4 N–H and O–H groups in total. The highest BCUT2D eigenvalue weighted by atomic mass is 32.2. The summed E-state index contributed by atoms with van der Waals surface area (Å²) < 4.78 is 70.0. The molecule has 0 radical (unpaired) electrons. The van der Waals surface area contributed by atoms with Crippen LogP contribution in [0.5, 0.6) is 11.5 Å². The number of phenols is 2. The standard InChI is InChI=1S/C13H12FNO7S2/c14-9-3-1-8(2-4-9)7-15-23(18,19)10-5-6-11(24(20,21)22)13(17)12(10)16/h1-6,15-17H,7H2,(H,20,21,22). The molecule has 0 fully saturated rings. The summed E-state index contributed by atoms with van der Waals surface area (Å²) in [5.74, 6) is -3.01. The number of benzene rings is 2. The van der Waals surface area contributed by atoms with E-state index in [9.17, 15) is 31.4 Å². The van der Waals surface area contributed by atoms with Crippen molar-refractivity contribution >= 4 is 20.1 Å². The smallest absolute Gasteiger partial charge is 0.298 e. The van der Waals surface area contributed by atoms with Crippen molar-refractivity contribution in [2.45, 2.75) is 16.3 Å². The highest BCUT2D eigenvalue weighted by molar-refractivity contribution is 7.89. The fraction of sp³-hybridized carbons (Fsp3) is 0.0769. The van der Waals surface area contributed by atoms with Gasteiger partial charge in [-0.05, 0) is 29.8 Å². The maximum absolute atomic E-state index is 12.8. The lowest BCUT2D eigenvalue weighted by Gasteiger charge is -2.11. The van der Waals surface area contributed by atoms with E-state index < -0.39 is 47.2 Å². The minimum Gasteiger partial charge on any atom is -0.503 e. The van der Waals surface area contributed by atoms with Crippen molar-refractivity contribution in [3.05, 3.63) is 47.8 Å². The van der Waals surface area contributed by atoms with E-state index in [2.05, 4.69) is 4.72 Å². The molecule has 11 heteroatoms. The summed E-state index contributed by atoms with van der Waals surface area (Å²) in [7, 11) is -9.15. The first-order valence-corrected chi connectivity index (χ1v) is 9.21. The molecule has 2 aromatic rings. The lowest BCUT2D eigenvalue weighted by Crippen LogP contribution is -2.23. The highest BCUT2D eigenvalue weighted by Gasteiger charge is 2.26. The van der Waals surface area contributed by atoms with Gasteiger partial charge in [-0.1, -0.05) is 12.1 Å². The van der Waals surface area contributed by atoms with E-state index in [0.717, 1.165) is 12.1 Å². The Kier molecular flexibility index (Phi) is 4.80. The Labute approximate surface area is 137 Å². The van der Waals surface area contributed by atoms with Gasteiger partial charge in [-0.2, -0.15) is 8.42 Å².